The van der Waals surface area contributed by atoms with Crippen LogP contribution in [0.4, 0.5) is 9.59 Å². The Morgan fingerprint density at radius 2 is 1.10 bits per heavy atom. The summed E-state index contributed by atoms with van der Waals surface area (Å²) < 4.78 is 15.3. The van der Waals surface area contributed by atoms with Crippen molar-refractivity contribution >= 4 is 17.8 Å². The number of ketones is 1. The lowest BCUT2D eigenvalue weighted by molar-refractivity contribution is -0.152. The Morgan fingerprint density at radius 3 is 1.42 bits per heavy atom. The molecule has 2 bridgehead atoms. The van der Waals surface area contributed by atoms with Crippen LogP contribution in [0, 0.1) is 38.5 Å². The predicted molar refractivity (Wildman–Crippen MR) is 195 cm³/mol. The van der Waals surface area contributed by atoms with Gasteiger partial charge in [0.15, 0.2) is 18.2 Å². The Kier molecular flexibility index (Phi) is 10.3. The molecule has 276 valence electrons. The van der Waals surface area contributed by atoms with E-state index in [0.29, 0.717) is 13.1 Å². The van der Waals surface area contributed by atoms with Gasteiger partial charge in [-0.1, -0.05) is 36.4 Å². The molecule has 6 rings (SSSR count). The molecule has 4 aromatic rings. The number of carbonyl (C=O) groups excluding carboxylic acids is 3. The zero-order valence-electron chi connectivity index (χ0n) is 31.4. The summed E-state index contributed by atoms with van der Waals surface area (Å²) in [6, 6.07) is 15.1. The van der Waals surface area contributed by atoms with Crippen LogP contribution in [0.15, 0.2) is 60.9 Å². The number of fused-ring (bicyclic) bond motifs is 2. The van der Waals surface area contributed by atoms with Crippen molar-refractivity contribution in [2.45, 2.75) is 67.1 Å². The van der Waals surface area contributed by atoms with Crippen LogP contribution in [0.5, 0.6) is 0 Å². The van der Waals surface area contributed by atoms with E-state index in [4.69, 9.17) is 9.47 Å². The number of aryl methyl sites for hydroxylation is 4. The Morgan fingerprint density at radius 1 is 0.712 bits per heavy atom. The summed E-state index contributed by atoms with van der Waals surface area (Å²) in [5, 5.41) is 15.2. The van der Waals surface area contributed by atoms with Crippen molar-refractivity contribution in [3.05, 3.63) is 106 Å². The summed E-state index contributed by atoms with van der Waals surface area (Å²) in [5.74, 6) is 0.0493. The molecule has 2 saturated heterocycles. The number of methoxy groups -OCH3 is 2. The summed E-state index contributed by atoms with van der Waals surface area (Å²) in [6.07, 6.45) is 2.62. The highest BCUT2D eigenvalue weighted by Gasteiger charge is 2.57. The number of urea groups is 2. The van der Waals surface area contributed by atoms with E-state index in [1.54, 1.807) is 24.0 Å². The minimum Gasteiger partial charge on any atom is -0.357 e. The lowest BCUT2D eigenvalue weighted by Gasteiger charge is -2.54. The highest BCUT2D eigenvalue weighted by atomic mass is 16.5. The van der Waals surface area contributed by atoms with E-state index in [-0.39, 0.29) is 44.0 Å². The molecule has 0 aliphatic carbocycles. The van der Waals surface area contributed by atoms with Crippen LogP contribution >= 0.6 is 0 Å². The molecule has 52 heavy (non-hydrogen) atoms. The van der Waals surface area contributed by atoms with Crippen molar-refractivity contribution in [3.63, 3.8) is 0 Å². The molecular weight excluding hydrogens is 660 g/mol. The number of hydrogen-bond donors (Lipinski definition) is 2. The van der Waals surface area contributed by atoms with Gasteiger partial charge in [-0.3, -0.25) is 14.2 Å². The van der Waals surface area contributed by atoms with E-state index < -0.39 is 23.3 Å². The third-order valence-corrected chi connectivity index (χ3v) is 10.4. The third kappa shape index (κ3) is 7.61. The molecule has 4 heterocycles. The molecule has 13 heteroatoms. The van der Waals surface area contributed by atoms with Crippen molar-refractivity contribution in [2.24, 2.45) is 10.8 Å². The smallest absolute Gasteiger partial charge is 0.319 e. The lowest BCUT2D eigenvalue weighted by atomic mass is 9.64. The van der Waals surface area contributed by atoms with E-state index in [2.05, 4.69) is 20.8 Å². The Balaban J connectivity index is 1.11. The zero-order chi connectivity index (χ0) is 37.4. The molecule has 2 aromatic heterocycles. The first-order valence-corrected chi connectivity index (χ1v) is 17.6. The minimum absolute atomic E-state index is 0.0493. The van der Waals surface area contributed by atoms with E-state index in [1.165, 1.54) is 0 Å². The standard InChI is InChI=1S/C39H50N8O5/c1-25-17-46(42-27(25)3)19-29-11-9-13-31(15-29)33(51-7)40-36(49)44-21-38(5)23-45(24-39(6,22-44)35(38)48)37(50)41-34(52-8)32-14-10-12-30(16-32)20-47-18-26(2)28(4)43-47/h9-18,33-34H,19-24H2,1-8H3,(H,40,49)(H,41,50). The van der Waals surface area contributed by atoms with E-state index >= 15 is 0 Å². The molecule has 2 aliphatic rings. The first kappa shape index (κ1) is 36.8. The third-order valence-electron chi connectivity index (χ3n) is 10.4. The van der Waals surface area contributed by atoms with E-state index in [0.717, 1.165) is 44.8 Å². The number of carbonyl (C=O) groups is 3. The summed E-state index contributed by atoms with van der Waals surface area (Å²) in [4.78, 5) is 44.8. The van der Waals surface area contributed by atoms with Crippen molar-refractivity contribution in [2.75, 3.05) is 40.4 Å². The van der Waals surface area contributed by atoms with Gasteiger partial charge < -0.3 is 29.9 Å². The second kappa shape index (κ2) is 14.5. The maximum atomic E-state index is 13.8. The Bertz CT molecular complexity index is 1780. The summed E-state index contributed by atoms with van der Waals surface area (Å²) in [5.41, 5.74) is 5.94. The van der Waals surface area contributed by atoms with Gasteiger partial charge in [0.1, 0.15) is 0 Å². The van der Waals surface area contributed by atoms with Crippen LogP contribution in [-0.2, 0) is 27.4 Å². The van der Waals surface area contributed by atoms with Gasteiger partial charge in [-0.2, -0.15) is 10.2 Å². The lowest BCUT2D eigenvalue weighted by Crippen LogP contribution is -2.71. The molecule has 2 aliphatic heterocycles. The van der Waals surface area contributed by atoms with Gasteiger partial charge in [0.25, 0.3) is 0 Å². The number of piperidine rings is 2. The average molecular weight is 711 g/mol. The molecule has 2 atom stereocenters. The van der Waals surface area contributed by atoms with Crippen molar-refractivity contribution < 1.29 is 23.9 Å². The second-order valence-electron chi connectivity index (χ2n) is 15.0. The van der Waals surface area contributed by atoms with Gasteiger partial charge in [0.2, 0.25) is 0 Å². The topological polar surface area (TPSA) is 136 Å². The fourth-order valence-electron chi connectivity index (χ4n) is 7.64. The molecule has 0 radical (unpaired) electrons. The van der Waals surface area contributed by atoms with Gasteiger partial charge in [-0.25, -0.2) is 9.59 Å². The van der Waals surface area contributed by atoms with Gasteiger partial charge in [-0.05, 0) is 75.9 Å². The maximum absolute atomic E-state index is 13.8. The molecular formula is C39H50N8O5. The number of rotatable bonds is 10. The summed E-state index contributed by atoms with van der Waals surface area (Å²) in [6.45, 7) is 13.5. The second-order valence-corrected chi connectivity index (χ2v) is 15.0. The van der Waals surface area contributed by atoms with Crippen LogP contribution in [0.2, 0.25) is 0 Å². The number of hydrogen-bond acceptors (Lipinski definition) is 7. The highest BCUT2D eigenvalue weighted by Crippen LogP contribution is 2.42. The predicted octanol–water partition coefficient (Wildman–Crippen LogP) is 5.03. The number of aromatic nitrogens is 4. The largest absolute Gasteiger partial charge is 0.357 e. The SMILES string of the molecule is COC(NC(=O)N1CC2(C)CN(C(=O)NC(OC)c3cccc(Cn4cc(C)c(C)n4)c3)CC(C)(C1)C2=O)c1cccc(Cn2cc(C)c(C)n2)c1. The molecule has 2 unspecified atom stereocenters. The molecule has 0 saturated carbocycles. The minimum atomic E-state index is -0.967. The Hall–Kier alpha value is -5.01. The van der Waals surface area contributed by atoms with Gasteiger partial charge in [0.05, 0.1) is 35.3 Å². The normalized spacial score (nSPS) is 21.2. The number of benzene rings is 2. The van der Waals surface area contributed by atoms with Crippen LogP contribution in [0.1, 0.15) is 71.1 Å². The summed E-state index contributed by atoms with van der Waals surface area (Å²) >= 11 is 0. The van der Waals surface area contributed by atoms with Gasteiger partial charge in [-0.15, -0.1) is 0 Å². The first-order chi connectivity index (χ1) is 24.7. The molecule has 2 N–H and O–H groups in total. The monoisotopic (exact) mass is 710 g/mol. The van der Waals surface area contributed by atoms with E-state index in [1.807, 2.05) is 112 Å². The molecule has 2 fully saturated rings. The fraction of sp³-hybridized carbons (Fsp3) is 0.462. The summed E-state index contributed by atoms with van der Waals surface area (Å²) in [7, 11) is 3.10. The number of Topliss-reactive ketones (excluding diaryl/α,β-unsaturated/α-hetero) is 1. The fourth-order valence-corrected chi connectivity index (χ4v) is 7.64. The highest BCUT2D eigenvalue weighted by molar-refractivity contribution is 5.95. The van der Waals surface area contributed by atoms with Crippen LogP contribution in [0.3, 0.4) is 0 Å². The quantitative estimate of drug-likeness (QED) is 0.221. The molecule has 0 spiro atoms. The van der Waals surface area contributed by atoms with Crippen LogP contribution < -0.4 is 10.6 Å². The Labute approximate surface area is 305 Å². The number of nitrogens with zero attached hydrogens (tertiary/aromatic N) is 6. The van der Waals surface area contributed by atoms with Crippen molar-refractivity contribution in [1.29, 1.82) is 0 Å². The molecule has 13 nitrogen and oxygen atoms in total. The first-order valence-electron chi connectivity index (χ1n) is 17.6. The average Bonchev–Trinajstić information content (AvgIpc) is 3.59. The number of nitrogens with one attached hydrogen (secondary N) is 2. The maximum Gasteiger partial charge on any atom is 0.319 e. The van der Waals surface area contributed by atoms with Gasteiger partial charge in [0, 0.05) is 63.9 Å². The molecule has 4 amide bonds. The number of likely N-dealkylation sites (tertiary alicyclic amines) is 2. The van der Waals surface area contributed by atoms with Crippen LogP contribution in [0.25, 0.3) is 0 Å². The van der Waals surface area contributed by atoms with Crippen molar-refractivity contribution in [3.8, 4) is 0 Å². The van der Waals surface area contributed by atoms with Crippen molar-refractivity contribution in [1.82, 2.24) is 40.0 Å². The zero-order valence-corrected chi connectivity index (χ0v) is 31.4. The number of ether oxygens (including phenoxy) is 2. The number of amides is 4. The molecule has 2 aromatic carbocycles. The van der Waals surface area contributed by atoms with E-state index in [9.17, 15) is 14.4 Å². The van der Waals surface area contributed by atoms with Crippen LogP contribution in [-0.4, -0.2) is 87.6 Å². The van der Waals surface area contributed by atoms with Gasteiger partial charge >= 0.3 is 12.1 Å².